The second kappa shape index (κ2) is 10.1. The Morgan fingerprint density at radius 2 is 1.62 bits per heavy atom. The van der Waals surface area contributed by atoms with E-state index in [1.165, 1.54) is 12.1 Å². The number of amides is 1. The molecule has 0 spiro atoms. The lowest BCUT2D eigenvalue weighted by atomic mass is 9.90. The normalized spacial score (nSPS) is 15.6. The van der Waals surface area contributed by atoms with E-state index >= 15 is 0 Å². The lowest BCUT2D eigenvalue weighted by Crippen LogP contribution is -2.42. The number of alkyl halides is 2. The molecule has 0 saturated carbocycles. The minimum Gasteiger partial charge on any atom is -0.481 e. The number of aliphatic carboxylic acids is 1. The molecule has 0 fully saturated rings. The van der Waals surface area contributed by atoms with Gasteiger partial charge in [-0.1, -0.05) is 47.5 Å². The Bertz CT molecular complexity index is 1470. The second-order valence-electron chi connectivity index (χ2n) is 8.70. The largest absolute Gasteiger partial charge is 0.481 e. The number of carboxylic acid groups (broad SMARTS) is 1. The number of nitrogens with one attached hydrogen (secondary N) is 1. The van der Waals surface area contributed by atoms with Crippen molar-refractivity contribution in [2.24, 2.45) is 5.10 Å². The first-order valence-electron chi connectivity index (χ1n) is 11.1. The fraction of sp³-hybridized carbons (Fsp3) is 0.231. The van der Waals surface area contributed by atoms with Gasteiger partial charge in [-0.25, -0.2) is 5.01 Å². The third kappa shape index (κ3) is 5.28. The molecule has 4 rings (SSSR count). The smallest absolute Gasteiger partial charge is 0.337 e. The van der Waals surface area contributed by atoms with Gasteiger partial charge < -0.3 is 10.1 Å². The first kappa shape index (κ1) is 26.5. The van der Waals surface area contributed by atoms with E-state index in [2.05, 4.69) is 10.1 Å². The maximum absolute atomic E-state index is 14.6. The lowest BCUT2D eigenvalue weighted by Gasteiger charge is -2.25. The zero-order valence-corrected chi connectivity index (χ0v) is 21.2. The average molecular weight is 548 g/mol. The molecule has 37 heavy (non-hydrogen) atoms. The Hall–Kier alpha value is -3.56. The molecule has 0 bridgehead atoms. The van der Waals surface area contributed by atoms with Crippen molar-refractivity contribution in [3.8, 4) is 11.1 Å². The summed E-state index contributed by atoms with van der Waals surface area (Å²) in [6, 6.07) is 11.9. The van der Waals surface area contributed by atoms with E-state index in [0.29, 0.717) is 37.4 Å². The number of hydrogen-bond acceptors (Lipinski definition) is 4. The van der Waals surface area contributed by atoms with Crippen LogP contribution in [0.2, 0.25) is 10.0 Å². The van der Waals surface area contributed by atoms with Crippen molar-refractivity contribution in [2.45, 2.75) is 38.7 Å². The van der Waals surface area contributed by atoms with E-state index in [1.807, 2.05) is 0 Å². The van der Waals surface area contributed by atoms with Crippen LogP contribution in [0.4, 0.5) is 8.78 Å². The molecule has 2 heterocycles. The molecule has 0 saturated heterocycles. The fourth-order valence-electron chi connectivity index (χ4n) is 4.29. The van der Waals surface area contributed by atoms with Crippen LogP contribution in [0.5, 0.6) is 0 Å². The number of aromatic nitrogens is 1. The fourth-order valence-corrected chi connectivity index (χ4v) is 4.55. The van der Waals surface area contributed by atoms with E-state index in [0.717, 1.165) is 5.56 Å². The van der Waals surface area contributed by atoms with Crippen molar-refractivity contribution in [1.82, 2.24) is 9.99 Å². The number of benzene rings is 2. The number of carbonyl (C=O) groups excluding carboxylic acids is 1. The molecule has 2 aromatic carbocycles. The number of carbonyl (C=O) groups is 2. The summed E-state index contributed by atoms with van der Waals surface area (Å²) < 4.78 is 29.3. The summed E-state index contributed by atoms with van der Waals surface area (Å²) >= 11 is 12.0. The first-order valence-corrected chi connectivity index (χ1v) is 11.9. The molecule has 1 aliphatic rings. The number of carboxylic acids is 1. The molecule has 7 nitrogen and oxygen atoms in total. The zero-order chi connectivity index (χ0) is 27.1. The van der Waals surface area contributed by atoms with E-state index in [-0.39, 0.29) is 17.7 Å². The van der Waals surface area contributed by atoms with Gasteiger partial charge in [-0.05, 0) is 54.8 Å². The third-order valence-corrected chi connectivity index (χ3v) is 6.70. The quantitative estimate of drug-likeness (QED) is 0.409. The molecule has 1 aromatic heterocycles. The van der Waals surface area contributed by atoms with E-state index in [1.54, 1.807) is 50.2 Å². The third-order valence-electron chi connectivity index (χ3n) is 6.20. The van der Waals surface area contributed by atoms with Gasteiger partial charge in [0.2, 0.25) is 0 Å². The summed E-state index contributed by atoms with van der Waals surface area (Å²) in [7, 11) is 0. The molecule has 3 aromatic rings. The van der Waals surface area contributed by atoms with Crippen LogP contribution in [0.3, 0.4) is 0 Å². The molecule has 0 aliphatic carbocycles. The standard InChI is InChI=1S/C26H21Cl2F2N3O4/c1-13-14(2)31-24(36)23(22(13)16-5-9-18(28)10-6-16)19-11-20(15-3-7-17(27)8-4-15)33(32-19)25(37)26(29,30)12-21(34)35/h3-10,20H,11-12H2,1-2H3,(H,31,36)(H,34,35)/t20-/m1/s1. The number of hydrogen-bond donors (Lipinski definition) is 2. The van der Waals surface area contributed by atoms with Crippen molar-refractivity contribution in [2.75, 3.05) is 0 Å². The maximum Gasteiger partial charge on any atom is 0.337 e. The molecule has 1 aliphatic heterocycles. The van der Waals surface area contributed by atoms with Gasteiger partial charge in [-0.2, -0.15) is 13.9 Å². The summed E-state index contributed by atoms with van der Waals surface area (Å²) in [5.74, 6) is -7.83. The molecule has 2 N–H and O–H groups in total. The van der Waals surface area contributed by atoms with Crippen molar-refractivity contribution < 1.29 is 23.5 Å². The SMILES string of the molecule is Cc1[nH]c(=O)c(C2=NN(C(=O)C(F)(F)CC(=O)O)[C@@H](c3ccc(Cl)cc3)C2)c(-c2ccc(Cl)cc2)c1C. The van der Waals surface area contributed by atoms with Crippen LogP contribution in [-0.2, 0) is 9.59 Å². The van der Waals surface area contributed by atoms with Gasteiger partial charge in [0.05, 0.1) is 17.3 Å². The van der Waals surface area contributed by atoms with Crippen molar-refractivity contribution in [3.63, 3.8) is 0 Å². The Morgan fingerprint density at radius 1 is 1.05 bits per heavy atom. The van der Waals surface area contributed by atoms with Gasteiger partial charge in [0.15, 0.2) is 0 Å². The topological polar surface area (TPSA) is 103 Å². The van der Waals surface area contributed by atoms with Gasteiger partial charge in [-0.15, -0.1) is 0 Å². The van der Waals surface area contributed by atoms with Crippen LogP contribution in [-0.4, -0.2) is 38.6 Å². The molecule has 0 radical (unpaired) electrons. The summed E-state index contributed by atoms with van der Waals surface area (Å²) in [4.78, 5) is 39.9. The van der Waals surface area contributed by atoms with Gasteiger partial charge in [0, 0.05) is 27.7 Å². The number of H-pyrrole nitrogens is 1. The number of aryl methyl sites for hydroxylation is 1. The zero-order valence-electron chi connectivity index (χ0n) is 19.7. The van der Waals surface area contributed by atoms with Crippen molar-refractivity contribution in [3.05, 3.63) is 91.3 Å². The molecule has 0 unspecified atom stereocenters. The van der Waals surface area contributed by atoms with Crippen LogP contribution in [0.15, 0.2) is 58.4 Å². The highest BCUT2D eigenvalue weighted by molar-refractivity contribution is 6.30. The molecular weight excluding hydrogens is 527 g/mol. The molecule has 1 atom stereocenters. The summed E-state index contributed by atoms with van der Waals surface area (Å²) in [6.07, 6.45) is -1.76. The van der Waals surface area contributed by atoms with Crippen molar-refractivity contribution in [1.29, 1.82) is 0 Å². The monoisotopic (exact) mass is 547 g/mol. The van der Waals surface area contributed by atoms with Gasteiger partial charge in [0.25, 0.3) is 5.56 Å². The van der Waals surface area contributed by atoms with E-state index < -0.39 is 35.8 Å². The Labute approximate surface area is 220 Å². The number of nitrogens with zero attached hydrogens (tertiary/aromatic N) is 2. The first-order chi connectivity index (χ1) is 17.4. The van der Waals surface area contributed by atoms with Gasteiger partial charge in [-0.3, -0.25) is 14.4 Å². The highest BCUT2D eigenvalue weighted by atomic mass is 35.5. The molecular formula is C26H21Cl2F2N3O4. The van der Waals surface area contributed by atoms with E-state index in [9.17, 15) is 23.2 Å². The number of aromatic amines is 1. The minimum absolute atomic E-state index is 0.0668. The Balaban J connectivity index is 1.90. The number of pyridine rings is 1. The predicted octanol–water partition coefficient (Wildman–Crippen LogP) is 5.75. The molecule has 11 heteroatoms. The van der Waals surface area contributed by atoms with Crippen LogP contribution in [0.1, 0.15) is 41.3 Å². The van der Waals surface area contributed by atoms with Crippen molar-refractivity contribution >= 4 is 40.8 Å². The summed E-state index contributed by atoms with van der Waals surface area (Å²) in [5, 5.41) is 14.6. The lowest BCUT2D eigenvalue weighted by molar-refractivity contribution is -0.167. The van der Waals surface area contributed by atoms with Gasteiger partial charge >= 0.3 is 17.8 Å². The Morgan fingerprint density at radius 3 is 2.19 bits per heavy atom. The maximum atomic E-state index is 14.6. The molecule has 192 valence electrons. The summed E-state index contributed by atoms with van der Waals surface area (Å²) in [5.41, 5.74) is 2.67. The minimum atomic E-state index is -4.22. The van der Waals surface area contributed by atoms with Gasteiger partial charge in [0.1, 0.15) is 6.42 Å². The van der Waals surface area contributed by atoms with Crippen LogP contribution >= 0.6 is 23.2 Å². The van der Waals surface area contributed by atoms with Crippen LogP contribution in [0, 0.1) is 13.8 Å². The predicted molar refractivity (Wildman–Crippen MR) is 136 cm³/mol. The number of rotatable bonds is 6. The number of halogens is 4. The Kier molecular flexibility index (Phi) is 7.21. The van der Waals surface area contributed by atoms with Crippen LogP contribution < -0.4 is 5.56 Å². The number of hydrazone groups is 1. The summed E-state index contributed by atoms with van der Waals surface area (Å²) in [6.45, 7) is 3.53. The van der Waals surface area contributed by atoms with E-state index in [4.69, 9.17) is 28.3 Å². The highest BCUT2D eigenvalue weighted by Gasteiger charge is 2.49. The second-order valence-corrected chi connectivity index (χ2v) is 9.58. The average Bonchev–Trinajstić information content (AvgIpc) is 3.25. The van der Waals surface area contributed by atoms with Crippen LogP contribution in [0.25, 0.3) is 11.1 Å². The highest BCUT2D eigenvalue weighted by Crippen LogP contribution is 2.38. The molecule has 1 amide bonds.